The van der Waals surface area contributed by atoms with Crippen LogP contribution < -0.4 is 5.32 Å². The van der Waals surface area contributed by atoms with Gasteiger partial charge in [-0.2, -0.15) is 0 Å². The summed E-state index contributed by atoms with van der Waals surface area (Å²) in [5.41, 5.74) is 3.77. The second-order valence-electron chi connectivity index (χ2n) is 4.64. The SMILES string of the molecule is Cc1ccc(F)c2c1NC(c1ccccc1Cl)C2. The van der Waals surface area contributed by atoms with Crippen LogP contribution in [0, 0.1) is 12.7 Å². The lowest BCUT2D eigenvalue weighted by atomic mass is 10.0. The molecular weight excluding hydrogens is 249 g/mol. The number of halogens is 2. The van der Waals surface area contributed by atoms with Crippen molar-refractivity contribution >= 4 is 17.3 Å². The number of fused-ring (bicyclic) bond motifs is 1. The zero-order chi connectivity index (χ0) is 12.7. The average molecular weight is 262 g/mol. The molecule has 0 spiro atoms. The fraction of sp³-hybridized carbons (Fsp3) is 0.200. The maximum Gasteiger partial charge on any atom is 0.128 e. The molecule has 3 heteroatoms. The van der Waals surface area contributed by atoms with Gasteiger partial charge in [-0.25, -0.2) is 4.39 Å². The molecule has 0 radical (unpaired) electrons. The first-order chi connectivity index (χ1) is 8.66. The first kappa shape index (κ1) is 11.5. The standard InChI is InChI=1S/C15H13ClFN/c1-9-6-7-13(17)11-8-14(18-15(9)11)10-4-2-3-5-12(10)16/h2-7,14,18H,8H2,1H3. The van der Waals surface area contributed by atoms with Gasteiger partial charge in [-0.1, -0.05) is 35.9 Å². The summed E-state index contributed by atoms with van der Waals surface area (Å²) in [4.78, 5) is 0. The quantitative estimate of drug-likeness (QED) is 0.797. The van der Waals surface area contributed by atoms with Crippen molar-refractivity contribution < 1.29 is 4.39 Å². The Hall–Kier alpha value is -1.54. The van der Waals surface area contributed by atoms with Crippen LogP contribution in [0.3, 0.4) is 0 Å². The van der Waals surface area contributed by atoms with Gasteiger partial charge in [-0.15, -0.1) is 0 Å². The second-order valence-corrected chi connectivity index (χ2v) is 5.05. The first-order valence-corrected chi connectivity index (χ1v) is 6.33. The van der Waals surface area contributed by atoms with Crippen molar-refractivity contribution in [2.75, 3.05) is 5.32 Å². The molecule has 18 heavy (non-hydrogen) atoms. The fourth-order valence-electron chi connectivity index (χ4n) is 2.51. The van der Waals surface area contributed by atoms with Crippen LogP contribution in [0.15, 0.2) is 36.4 Å². The molecule has 92 valence electrons. The third-order valence-electron chi connectivity index (χ3n) is 3.47. The third-order valence-corrected chi connectivity index (χ3v) is 3.82. The smallest absolute Gasteiger partial charge is 0.128 e. The molecule has 1 heterocycles. The number of benzene rings is 2. The maximum atomic E-state index is 13.8. The van der Waals surface area contributed by atoms with Gasteiger partial charge in [0, 0.05) is 22.7 Å². The first-order valence-electron chi connectivity index (χ1n) is 5.96. The van der Waals surface area contributed by atoms with Crippen LogP contribution in [0.2, 0.25) is 5.02 Å². The topological polar surface area (TPSA) is 12.0 Å². The van der Waals surface area contributed by atoms with Crippen LogP contribution in [0.4, 0.5) is 10.1 Å². The van der Waals surface area contributed by atoms with Gasteiger partial charge >= 0.3 is 0 Å². The Labute approximate surface area is 111 Å². The Morgan fingerprint density at radius 2 is 2.00 bits per heavy atom. The molecule has 2 aromatic carbocycles. The van der Waals surface area contributed by atoms with E-state index in [9.17, 15) is 4.39 Å². The predicted octanol–water partition coefficient (Wildman–Crippen LogP) is 4.50. The monoisotopic (exact) mass is 261 g/mol. The fourth-order valence-corrected chi connectivity index (χ4v) is 2.78. The Morgan fingerprint density at radius 1 is 1.22 bits per heavy atom. The van der Waals surface area contributed by atoms with Gasteiger partial charge in [0.2, 0.25) is 0 Å². The predicted molar refractivity (Wildman–Crippen MR) is 72.7 cm³/mol. The Balaban J connectivity index is 2.01. The number of hydrogen-bond donors (Lipinski definition) is 1. The lowest BCUT2D eigenvalue weighted by molar-refractivity contribution is 0.610. The van der Waals surface area contributed by atoms with Crippen LogP contribution in [0.25, 0.3) is 0 Å². The summed E-state index contributed by atoms with van der Waals surface area (Å²) in [5, 5.41) is 4.10. The summed E-state index contributed by atoms with van der Waals surface area (Å²) < 4.78 is 13.8. The number of aryl methyl sites for hydroxylation is 1. The van der Waals surface area contributed by atoms with Crippen LogP contribution >= 0.6 is 11.6 Å². The van der Waals surface area contributed by atoms with Gasteiger partial charge in [0.1, 0.15) is 5.82 Å². The summed E-state index contributed by atoms with van der Waals surface area (Å²) in [6, 6.07) is 11.1. The molecule has 0 saturated carbocycles. The molecular formula is C15H13ClFN. The van der Waals surface area contributed by atoms with Crippen molar-refractivity contribution in [1.82, 2.24) is 0 Å². The van der Waals surface area contributed by atoms with E-state index in [0.717, 1.165) is 27.4 Å². The minimum Gasteiger partial charge on any atom is -0.377 e. The third kappa shape index (κ3) is 1.77. The van der Waals surface area contributed by atoms with Gasteiger partial charge in [-0.3, -0.25) is 0 Å². The summed E-state index contributed by atoms with van der Waals surface area (Å²) in [6.45, 7) is 1.99. The van der Waals surface area contributed by atoms with Crippen molar-refractivity contribution in [3.05, 3.63) is 63.9 Å². The van der Waals surface area contributed by atoms with Crippen molar-refractivity contribution in [2.24, 2.45) is 0 Å². The van der Waals surface area contributed by atoms with Gasteiger partial charge in [-0.05, 0) is 30.2 Å². The second kappa shape index (κ2) is 4.29. The zero-order valence-electron chi connectivity index (χ0n) is 10.0. The van der Waals surface area contributed by atoms with Gasteiger partial charge in [0.15, 0.2) is 0 Å². The van der Waals surface area contributed by atoms with E-state index >= 15 is 0 Å². The summed E-state index contributed by atoms with van der Waals surface area (Å²) in [5.74, 6) is -0.141. The lowest BCUT2D eigenvalue weighted by Gasteiger charge is -2.13. The average Bonchev–Trinajstić information content (AvgIpc) is 2.80. The molecule has 3 rings (SSSR count). The summed E-state index contributed by atoms with van der Waals surface area (Å²) in [6.07, 6.45) is 0.645. The number of nitrogens with one attached hydrogen (secondary N) is 1. The van der Waals surface area contributed by atoms with Gasteiger partial charge in [0.05, 0.1) is 6.04 Å². The number of rotatable bonds is 1. The molecule has 2 aromatic rings. The van der Waals surface area contributed by atoms with Crippen LogP contribution in [0.5, 0.6) is 0 Å². The Morgan fingerprint density at radius 3 is 2.72 bits per heavy atom. The van der Waals surface area contributed by atoms with E-state index in [0.29, 0.717) is 6.42 Å². The largest absolute Gasteiger partial charge is 0.377 e. The molecule has 0 aromatic heterocycles. The zero-order valence-corrected chi connectivity index (χ0v) is 10.8. The van der Waals surface area contributed by atoms with E-state index in [2.05, 4.69) is 5.32 Å². The van der Waals surface area contributed by atoms with Crippen LogP contribution in [-0.4, -0.2) is 0 Å². The van der Waals surface area contributed by atoms with Crippen molar-refractivity contribution in [2.45, 2.75) is 19.4 Å². The Kier molecular flexibility index (Phi) is 2.75. The minimum atomic E-state index is -0.141. The van der Waals surface area contributed by atoms with Crippen molar-refractivity contribution in [1.29, 1.82) is 0 Å². The normalized spacial score (nSPS) is 17.4. The van der Waals surface area contributed by atoms with E-state index in [-0.39, 0.29) is 11.9 Å². The molecule has 0 aliphatic carbocycles. The molecule has 1 unspecified atom stereocenters. The molecule has 1 N–H and O–H groups in total. The van der Waals surface area contributed by atoms with Gasteiger partial charge in [0.25, 0.3) is 0 Å². The van der Waals surface area contributed by atoms with Crippen molar-refractivity contribution in [3.8, 4) is 0 Å². The molecule has 0 saturated heterocycles. The Bertz CT molecular complexity index is 578. The maximum absolute atomic E-state index is 13.8. The molecule has 1 aliphatic rings. The number of hydrogen-bond acceptors (Lipinski definition) is 1. The molecule has 1 aliphatic heterocycles. The van der Waals surface area contributed by atoms with E-state index in [1.165, 1.54) is 6.07 Å². The van der Waals surface area contributed by atoms with Crippen molar-refractivity contribution in [3.63, 3.8) is 0 Å². The van der Waals surface area contributed by atoms with E-state index in [1.807, 2.05) is 31.2 Å². The van der Waals surface area contributed by atoms with E-state index < -0.39 is 0 Å². The minimum absolute atomic E-state index is 0.0595. The lowest BCUT2D eigenvalue weighted by Crippen LogP contribution is -2.06. The summed E-state index contributed by atoms with van der Waals surface area (Å²) >= 11 is 6.19. The molecule has 0 bridgehead atoms. The number of anilines is 1. The molecule has 0 amide bonds. The molecule has 1 nitrogen and oxygen atoms in total. The highest BCUT2D eigenvalue weighted by Crippen LogP contribution is 2.39. The highest BCUT2D eigenvalue weighted by molar-refractivity contribution is 6.31. The van der Waals surface area contributed by atoms with E-state index in [4.69, 9.17) is 11.6 Å². The van der Waals surface area contributed by atoms with Crippen LogP contribution in [-0.2, 0) is 6.42 Å². The van der Waals surface area contributed by atoms with E-state index in [1.54, 1.807) is 6.07 Å². The highest BCUT2D eigenvalue weighted by atomic mass is 35.5. The molecule has 0 fully saturated rings. The van der Waals surface area contributed by atoms with Crippen LogP contribution in [0.1, 0.15) is 22.7 Å². The highest BCUT2D eigenvalue weighted by Gasteiger charge is 2.27. The molecule has 1 atom stereocenters. The van der Waals surface area contributed by atoms with Gasteiger partial charge < -0.3 is 5.32 Å². The summed E-state index contributed by atoms with van der Waals surface area (Å²) in [7, 11) is 0.